The van der Waals surface area contributed by atoms with Crippen LogP contribution in [0.25, 0.3) is 0 Å². The SMILES string of the molecule is CCN(CCC(=O)O)c1nc(C(F)(F)F)ccc1C#N. The first-order valence-electron chi connectivity index (χ1n) is 5.74. The number of nitriles is 1. The Morgan fingerprint density at radius 2 is 2.15 bits per heavy atom. The van der Waals surface area contributed by atoms with Crippen LogP contribution in [0.2, 0.25) is 0 Å². The summed E-state index contributed by atoms with van der Waals surface area (Å²) in [6, 6.07) is 3.52. The van der Waals surface area contributed by atoms with Gasteiger partial charge in [-0.2, -0.15) is 18.4 Å². The summed E-state index contributed by atoms with van der Waals surface area (Å²) in [6.45, 7) is 1.87. The molecule has 0 amide bonds. The molecule has 0 atom stereocenters. The van der Waals surface area contributed by atoms with Crippen LogP contribution in [0, 0.1) is 11.3 Å². The van der Waals surface area contributed by atoms with Crippen LogP contribution in [-0.4, -0.2) is 29.1 Å². The molecule has 1 N–H and O–H groups in total. The number of carbonyl (C=O) groups is 1. The van der Waals surface area contributed by atoms with E-state index in [9.17, 15) is 18.0 Å². The monoisotopic (exact) mass is 287 g/mol. The van der Waals surface area contributed by atoms with Crippen molar-refractivity contribution in [2.75, 3.05) is 18.0 Å². The van der Waals surface area contributed by atoms with Gasteiger partial charge in [0, 0.05) is 13.1 Å². The summed E-state index contributed by atoms with van der Waals surface area (Å²) in [5.41, 5.74) is -1.13. The van der Waals surface area contributed by atoms with E-state index in [2.05, 4.69) is 4.98 Å². The van der Waals surface area contributed by atoms with E-state index < -0.39 is 17.8 Å². The molecule has 0 radical (unpaired) electrons. The van der Waals surface area contributed by atoms with Gasteiger partial charge in [-0.05, 0) is 19.1 Å². The molecular weight excluding hydrogens is 275 g/mol. The van der Waals surface area contributed by atoms with E-state index in [1.165, 1.54) is 4.90 Å². The minimum absolute atomic E-state index is 0.0190. The summed E-state index contributed by atoms with van der Waals surface area (Å²) in [4.78, 5) is 15.3. The number of alkyl halides is 3. The zero-order valence-corrected chi connectivity index (χ0v) is 10.6. The van der Waals surface area contributed by atoms with E-state index in [0.29, 0.717) is 0 Å². The van der Waals surface area contributed by atoms with Gasteiger partial charge in [0.2, 0.25) is 0 Å². The highest BCUT2D eigenvalue weighted by Crippen LogP contribution is 2.30. The second-order valence-corrected chi connectivity index (χ2v) is 3.90. The summed E-state index contributed by atoms with van der Waals surface area (Å²) < 4.78 is 37.9. The zero-order valence-electron chi connectivity index (χ0n) is 10.6. The number of carboxylic acids is 1. The molecule has 1 heterocycles. The molecule has 0 aliphatic rings. The van der Waals surface area contributed by atoms with Crippen LogP contribution in [0.4, 0.5) is 19.0 Å². The van der Waals surface area contributed by atoms with Crippen LogP contribution in [0.3, 0.4) is 0 Å². The molecule has 0 fully saturated rings. The first-order chi connectivity index (χ1) is 9.29. The van der Waals surface area contributed by atoms with Crippen LogP contribution < -0.4 is 4.90 Å². The third kappa shape index (κ3) is 3.85. The van der Waals surface area contributed by atoms with E-state index in [4.69, 9.17) is 10.4 Å². The number of hydrogen-bond donors (Lipinski definition) is 1. The van der Waals surface area contributed by atoms with Crippen molar-refractivity contribution < 1.29 is 23.1 Å². The van der Waals surface area contributed by atoms with Crippen LogP contribution in [-0.2, 0) is 11.0 Å². The fourth-order valence-corrected chi connectivity index (χ4v) is 1.58. The maximum atomic E-state index is 12.6. The van der Waals surface area contributed by atoms with Crippen LogP contribution in [0.5, 0.6) is 0 Å². The molecule has 0 aromatic carbocycles. The molecule has 20 heavy (non-hydrogen) atoms. The second kappa shape index (κ2) is 6.23. The van der Waals surface area contributed by atoms with E-state index in [1.807, 2.05) is 0 Å². The number of carboxylic acid groups (broad SMARTS) is 1. The number of hydrogen-bond acceptors (Lipinski definition) is 4. The minimum atomic E-state index is -4.62. The Morgan fingerprint density at radius 1 is 1.50 bits per heavy atom. The van der Waals surface area contributed by atoms with Crippen LogP contribution >= 0.6 is 0 Å². The highest BCUT2D eigenvalue weighted by atomic mass is 19.4. The Labute approximate surface area is 113 Å². The summed E-state index contributed by atoms with van der Waals surface area (Å²) >= 11 is 0. The third-order valence-corrected chi connectivity index (χ3v) is 2.56. The first-order valence-corrected chi connectivity index (χ1v) is 5.74. The zero-order chi connectivity index (χ0) is 15.3. The molecule has 108 valence electrons. The lowest BCUT2D eigenvalue weighted by atomic mass is 10.2. The summed E-state index contributed by atoms with van der Waals surface area (Å²) in [5.74, 6) is -1.22. The lowest BCUT2D eigenvalue weighted by Gasteiger charge is -2.23. The largest absolute Gasteiger partial charge is 0.481 e. The molecule has 0 aliphatic carbocycles. The van der Waals surface area contributed by atoms with Crippen molar-refractivity contribution in [2.45, 2.75) is 19.5 Å². The van der Waals surface area contributed by atoms with Gasteiger partial charge in [-0.15, -0.1) is 0 Å². The number of aromatic nitrogens is 1. The Hall–Kier alpha value is -2.30. The van der Waals surface area contributed by atoms with E-state index >= 15 is 0 Å². The number of rotatable bonds is 5. The fourth-order valence-electron chi connectivity index (χ4n) is 1.58. The van der Waals surface area contributed by atoms with Gasteiger partial charge in [-0.1, -0.05) is 0 Å². The molecule has 0 saturated carbocycles. The van der Waals surface area contributed by atoms with Crippen molar-refractivity contribution in [2.24, 2.45) is 0 Å². The van der Waals surface area contributed by atoms with E-state index in [1.54, 1.807) is 13.0 Å². The molecule has 1 aromatic rings. The number of nitrogens with zero attached hydrogens (tertiary/aromatic N) is 3. The average Bonchev–Trinajstić information content (AvgIpc) is 2.37. The van der Waals surface area contributed by atoms with Crippen LogP contribution in [0.15, 0.2) is 12.1 Å². The van der Waals surface area contributed by atoms with Crippen molar-refractivity contribution in [3.8, 4) is 6.07 Å². The van der Waals surface area contributed by atoms with Gasteiger partial charge in [-0.3, -0.25) is 4.79 Å². The number of aliphatic carboxylic acids is 1. The van der Waals surface area contributed by atoms with Gasteiger partial charge in [0.1, 0.15) is 17.6 Å². The minimum Gasteiger partial charge on any atom is -0.481 e. The second-order valence-electron chi connectivity index (χ2n) is 3.90. The average molecular weight is 287 g/mol. The van der Waals surface area contributed by atoms with Crippen LogP contribution in [0.1, 0.15) is 24.6 Å². The molecule has 5 nitrogen and oxygen atoms in total. The predicted octanol–water partition coefficient (Wildman–Crippen LogP) is 2.27. The summed E-state index contributed by atoms with van der Waals surface area (Å²) in [5, 5.41) is 17.5. The van der Waals surface area contributed by atoms with Gasteiger partial charge in [-0.25, -0.2) is 4.98 Å². The van der Waals surface area contributed by atoms with E-state index in [0.717, 1.165) is 12.1 Å². The molecule has 0 spiro atoms. The highest BCUT2D eigenvalue weighted by Gasteiger charge is 2.33. The molecule has 1 rings (SSSR count). The Bertz CT molecular complexity index is 538. The van der Waals surface area contributed by atoms with Crippen molar-refractivity contribution in [3.63, 3.8) is 0 Å². The summed E-state index contributed by atoms with van der Waals surface area (Å²) in [7, 11) is 0. The first kappa shape index (κ1) is 15.8. The van der Waals surface area contributed by atoms with E-state index in [-0.39, 0.29) is 30.9 Å². The molecule has 8 heteroatoms. The molecular formula is C12H12F3N3O2. The maximum Gasteiger partial charge on any atom is 0.433 e. The lowest BCUT2D eigenvalue weighted by Crippen LogP contribution is -2.28. The van der Waals surface area contributed by atoms with Gasteiger partial charge in [0.15, 0.2) is 0 Å². The van der Waals surface area contributed by atoms with Gasteiger partial charge >= 0.3 is 12.1 Å². The number of halogens is 3. The molecule has 0 aliphatic heterocycles. The molecule has 1 aromatic heterocycles. The number of anilines is 1. The smallest absolute Gasteiger partial charge is 0.433 e. The predicted molar refractivity (Wildman–Crippen MR) is 64.1 cm³/mol. The van der Waals surface area contributed by atoms with Gasteiger partial charge in [0.25, 0.3) is 0 Å². The number of pyridine rings is 1. The Morgan fingerprint density at radius 3 is 2.60 bits per heavy atom. The lowest BCUT2D eigenvalue weighted by molar-refractivity contribution is -0.141. The van der Waals surface area contributed by atoms with Crippen molar-refractivity contribution in [1.82, 2.24) is 4.98 Å². The maximum absolute atomic E-state index is 12.6. The van der Waals surface area contributed by atoms with Gasteiger partial charge < -0.3 is 10.0 Å². The van der Waals surface area contributed by atoms with Crippen molar-refractivity contribution in [1.29, 1.82) is 5.26 Å². The Kier molecular flexibility index (Phi) is 4.91. The molecule has 0 bridgehead atoms. The highest BCUT2D eigenvalue weighted by molar-refractivity contribution is 5.68. The standard InChI is InChI=1S/C12H12F3N3O2/c1-2-18(6-5-10(19)20)11-8(7-16)3-4-9(17-11)12(13,14)15/h3-4H,2,5-6H2,1H3,(H,19,20). The fraction of sp³-hybridized carbons (Fsp3) is 0.417. The van der Waals surface area contributed by atoms with Crippen molar-refractivity contribution in [3.05, 3.63) is 23.4 Å². The third-order valence-electron chi connectivity index (χ3n) is 2.56. The Balaban J connectivity index is 3.18. The summed E-state index contributed by atoms with van der Waals surface area (Å²) in [6.07, 6.45) is -4.87. The molecule has 0 saturated heterocycles. The topological polar surface area (TPSA) is 77.2 Å². The quantitative estimate of drug-likeness (QED) is 0.899. The normalized spacial score (nSPS) is 10.9. The van der Waals surface area contributed by atoms with Crippen molar-refractivity contribution >= 4 is 11.8 Å². The molecule has 0 unspecified atom stereocenters. The van der Waals surface area contributed by atoms with Gasteiger partial charge in [0.05, 0.1) is 12.0 Å².